The molecule has 0 aromatic heterocycles. The predicted octanol–water partition coefficient (Wildman–Crippen LogP) is 0.975. The molecule has 5 nitrogen and oxygen atoms in total. The maximum atomic E-state index is 11.5. The topological polar surface area (TPSA) is 55.8 Å². The predicted molar refractivity (Wildman–Crippen MR) is 49.5 cm³/mol. The van der Waals surface area contributed by atoms with E-state index in [1.165, 1.54) is 11.4 Å². The van der Waals surface area contributed by atoms with Crippen LogP contribution >= 0.6 is 0 Å². The van der Waals surface area contributed by atoms with Crippen molar-refractivity contribution in [3.8, 4) is 0 Å². The van der Waals surface area contributed by atoms with Crippen molar-refractivity contribution in [3.63, 3.8) is 0 Å². The first-order valence-electron chi connectivity index (χ1n) is 4.70. The molecule has 1 heterocycles. The van der Waals surface area contributed by atoms with Crippen LogP contribution in [0.25, 0.3) is 0 Å². The van der Waals surface area contributed by atoms with Crippen molar-refractivity contribution in [3.05, 3.63) is 0 Å². The molecule has 0 radical (unpaired) electrons. The van der Waals surface area contributed by atoms with Gasteiger partial charge < -0.3 is 4.74 Å². The molecule has 0 bridgehead atoms. The Hall–Kier alpha value is -0.620. The zero-order valence-corrected chi connectivity index (χ0v) is 8.79. The number of hydrogen-bond donors (Lipinski definition) is 0. The Bertz CT molecular complexity index is 270. The van der Waals surface area contributed by atoms with E-state index in [0.29, 0.717) is 0 Å². The normalized spacial score (nSPS) is 36.6. The van der Waals surface area contributed by atoms with Crippen LogP contribution in [0.15, 0.2) is 0 Å². The number of carbonyl (C=O) groups is 1. The molecule has 1 unspecified atom stereocenters. The average Bonchev–Trinajstić information content (AvgIpc) is 2.53. The smallest absolute Gasteiger partial charge is 0.423 e. The van der Waals surface area contributed by atoms with Gasteiger partial charge in [-0.2, -0.15) is 4.31 Å². The molecule has 0 aromatic rings. The highest BCUT2D eigenvalue weighted by Crippen LogP contribution is 2.33. The van der Waals surface area contributed by atoms with Gasteiger partial charge in [0, 0.05) is 0 Å². The van der Waals surface area contributed by atoms with Crippen molar-refractivity contribution in [2.24, 2.45) is 0 Å². The first-order chi connectivity index (χ1) is 6.74. The van der Waals surface area contributed by atoms with Crippen molar-refractivity contribution in [1.82, 2.24) is 4.31 Å². The maximum Gasteiger partial charge on any atom is 0.423 e. The van der Waals surface area contributed by atoms with Crippen LogP contribution in [0.5, 0.6) is 0 Å². The van der Waals surface area contributed by atoms with Crippen LogP contribution in [0.4, 0.5) is 4.79 Å². The second-order valence-corrected chi connectivity index (χ2v) is 4.52. The van der Waals surface area contributed by atoms with Crippen molar-refractivity contribution >= 4 is 17.4 Å². The van der Waals surface area contributed by atoms with E-state index in [1.807, 2.05) is 0 Å². The molecule has 1 saturated heterocycles. The van der Waals surface area contributed by atoms with Gasteiger partial charge in [-0.3, -0.25) is 4.18 Å². The maximum absolute atomic E-state index is 11.5. The number of ether oxygens (including phenoxy) is 1. The Labute approximate surface area is 85.1 Å². The van der Waals surface area contributed by atoms with Gasteiger partial charge >= 0.3 is 6.09 Å². The minimum atomic E-state index is -1.65. The van der Waals surface area contributed by atoms with Crippen LogP contribution < -0.4 is 0 Å². The summed E-state index contributed by atoms with van der Waals surface area (Å²) >= 11 is -1.65. The molecule has 80 valence electrons. The summed E-state index contributed by atoms with van der Waals surface area (Å²) in [5.74, 6) is 0. The Balaban J connectivity index is 2.15. The molecule has 14 heavy (non-hydrogen) atoms. The number of nitrogens with zero attached hydrogens (tertiary/aromatic N) is 1. The number of carbonyl (C=O) groups excluding carboxylic acids is 1. The van der Waals surface area contributed by atoms with Gasteiger partial charge in [0.05, 0.1) is 19.3 Å². The first kappa shape index (κ1) is 9.92. The Morgan fingerprint density at radius 1 is 1.50 bits per heavy atom. The van der Waals surface area contributed by atoms with E-state index < -0.39 is 17.4 Å². The number of rotatable bonds is 0. The first-order valence-corrected chi connectivity index (χ1v) is 5.73. The lowest BCUT2D eigenvalue weighted by molar-refractivity contribution is 0.116. The monoisotopic (exact) mass is 219 g/mol. The van der Waals surface area contributed by atoms with Gasteiger partial charge in [0.25, 0.3) is 11.3 Å². The molecule has 3 atom stereocenters. The van der Waals surface area contributed by atoms with Gasteiger partial charge in [0.2, 0.25) is 0 Å². The highest BCUT2D eigenvalue weighted by atomic mass is 32.2. The summed E-state index contributed by atoms with van der Waals surface area (Å²) in [5.41, 5.74) is 0. The van der Waals surface area contributed by atoms with Gasteiger partial charge in [0.1, 0.15) is 0 Å². The summed E-state index contributed by atoms with van der Waals surface area (Å²) in [7, 11) is 1.29. The molecule has 1 aliphatic carbocycles. The molecule has 2 fully saturated rings. The largest absolute Gasteiger partial charge is 0.452 e. The van der Waals surface area contributed by atoms with Crippen LogP contribution in [0.2, 0.25) is 0 Å². The fraction of sp³-hybridized carbons (Fsp3) is 0.875. The average molecular weight is 219 g/mol. The third kappa shape index (κ3) is 1.52. The second kappa shape index (κ2) is 3.86. The minimum absolute atomic E-state index is 0.0583. The molecule has 1 amide bonds. The summed E-state index contributed by atoms with van der Waals surface area (Å²) in [4.78, 5) is 11.3. The summed E-state index contributed by atoms with van der Waals surface area (Å²) in [6.07, 6.45) is 3.24. The fourth-order valence-electron chi connectivity index (χ4n) is 2.01. The van der Waals surface area contributed by atoms with Crippen LogP contribution in [0, 0.1) is 0 Å². The summed E-state index contributed by atoms with van der Waals surface area (Å²) in [6.45, 7) is 0. The standard InChI is InChI=1S/C8H13NO4S/c1-12-8(10)9-6-4-2-3-5-7(6)13-14(9)11/h6-7H,2-5H2,1H3/t6-,7+,14?/m1/s1. The van der Waals surface area contributed by atoms with Crippen LogP contribution in [0.3, 0.4) is 0 Å². The van der Waals surface area contributed by atoms with Crippen LogP contribution in [-0.2, 0) is 20.2 Å². The summed E-state index contributed by atoms with van der Waals surface area (Å²) < 4.78 is 22.4. The van der Waals surface area contributed by atoms with E-state index in [2.05, 4.69) is 4.74 Å². The van der Waals surface area contributed by atoms with Crippen molar-refractivity contribution in [2.45, 2.75) is 37.8 Å². The van der Waals surface area contributed by atoms with E-state index in [4.69, 9.17) is 4.18 Å². The Morgan fingerprint density at radius 3 is 2.93 bits per heavy atom. The Morgan fingerprint density at radius 2 is 2.21 bits per heavy atom. The third-order valence-corrected chi connectivity index (χ3v) is 3.84. The zero-order valence-electron chi connectivity index (χ0n) is 7.97. The van der Waals surface area contributed by atoms with E-state index in [9.17, 15) is 9.00 Å². The quantitative estimate of drug-likeness (QED) is 0.609. The highest BCUT2D eigenvalue weighted by Gasteiger charge is 2.45. The van der Waals surface area contributed by atoms with Gasteiger partial charge in [-0.25, -0.2) is 9.00 Å². The molecule has 1 aliphatic heterocycles. The molecule has 1 saturated carbocycles. The van der Waals surface area contributed by atoms with E-state index in [0.717, 1.165) is 25.7 Å². The lowest BCUT2D eigenvalue weighted by Gasteiger charge is -2.25. The lowest BCUT2D eigenvalue weighted by atomic mass is 9.93. The third-order valence-electron chi connectivity index (χ3n) is 2.69. The van der Waals surface area contributed by atoms with Crippen LogP contribution in [0.1, 0.15) is 25.7 Å². The second-order valence-electron chi connectivity index (χ2n) is 3.50. The number of amides is 1. The van der Waals surface area contributed by atoms with Gasteiger partial charge in [-0.1, -0.05) is 12.8 Å². The lowest BCUT2D eigenvalue weighted by Crippen LogP contribution is -2.41. The van der Waals surface area contributed by atoms with Gasteiger partial charge in [-0.05, 0) is 12.8 Å². The highest BCUT2D eigenvalue weighted by molar-refractivity contribution is 7.78. The van der Waals surface area contributed by atoms with Crippen molar-refractivity contribution in [2.75, 3.05) is 7.11 Å². The molecule has 2 rings (SSSR count). The van der Waals surface area contributed by atoms with E-state index >= 15 is 0 Å². The SMILES string of the molecule is COC(=O)N1[C@@H]2CCCC[C@@H]2OS1=O. The summed E-state index contributed by atoms with van der Waals surface area (Å²) in [6, 6.07) is -0.0583. The number of methoxy groups -OCH3 is 1. The summed E-state index contributed by atoms with van der Waals surface area (Å²) in [5, 5.41) is 0. The van der Waals surface area contributed by atoms with Gasteiger partial charge in [-0.15, -0.1) is 0 Å². The molecule has 0 aromatic carbocycles. The molecular weight excluding hydrogens is 206 g/mol. The minimum Gasteiger partial charge on any atom is -0.452 e. The van der Waals surface area contributed by atoms with Crippen molar-refractivity contribution in [1.29, 1.82) is 0 Å². The molecule has 2 aliphatic rings. The number of fused-ring (bicyclic) bond motifs is 1. The van der Waals surface area contributed by atoms with E-state index in [-0.39, 0.29) is 12.1 Å². The van der Waals surface area contributed by atoms with E-state index in [1.54, 1.807) is 0 Å². The molecular formula is C8H13NO4S. The Kier molecular flexibility index (Phi) is 2.73. The zero-order chi connectivity index (χ0) is 10.1. The van der Waals surface area contributed by atoms with Crippen molar-refractivity contribution < 1.29 is 17.9 Å². The molecule has 6 heteroatoms. The van der Waals surface area contributed by atoms with Gasteiger partial charge in [0.15, 0.2) is 0 Å². The molecule has 0 spiro atoms. The molecule has 0 N–H and O–H groups in total. The fourth-order valence-corrected chi connectivity index (χ4v) is 3.19. The van der Waals surface area contributed by atoms with Crippen LogP contribution in [-0.4, -0.2) is 33.9 Å². The number of hydrogen-bond acceptors (Lipinski definition) is 4.